The monoisotopic (exact) mass is 678 g/mol. The number of hydrogen-bond donors (Lipinski definition) is 2. The molecule has 0 bridgehead atoms. The Balaban J connectivity index is 1.53. The van der Waals surface area contributed by atoms with E-state index in [0.717, 1.165) is 15.7 Å². The first kappa shape index (κ1) is 32.4. The van der Waals surface area contributed by atoms with Gasteiger partial charge >= 0.3 is 10.3 Å². The molecule has 0 radical (unpaired) electrons. The molecule has 3 atom stereocenters. The van der Waals surface area contributed by atoms with E-state index in [0.29, 0.717) is 36.5 Å². The van der Waals surface area contributed by atoms with E-state index in [1.165, 1.54) is 12.5 Å². The minimum atomic E-state index is -4.10. The van der Waals surface area contributed by atoms with Crippen molar-refractivity contribution in [1.29, 1.82) is 0 Å². The molecule has 0 spiro atoms. The Hall–Kier alpha value is -2.49. The third-order valence-electron chi connectivity index (χ3n) is 8.06. The van der Waals surface area contributed by atoms with Gasteiger partial charge in [-0.3, -0.25) is 13.7 Å². The molecular weight excluding hydrogens is 640 g/mol. The third-order valence-corrected chi connectivity index (χ3v) is 13.5. The molecule has 11 nitrogen and oxygen atoms in total. The van der Waals surface area contributed by atoms with Gasteiger partial charge in [-0.05, 0) is 61.7 Å². The van der Waals surface area contributed by atoms with Gasteiger partial charge in [-0.1, -0.05) is 48.8 Å². The average Bonchev–Trinajstić information content (AvgIpc) is 3.43. The minimum absolute atomic E-state index is 0.0331. The van der Waals surface area contributed by atoms with Gasteiger partial charge in [-0.25, -0.2) is 15.1 Å². The molecule has 0 unspecified atom stereocenters. The van der Waals surface area contributed by atoms with Crippen molar-refractivity contribution >= 4 is 46.2 Å². The summed E-state index contributed by atoms with van der Waals surface area (Å²) in [5.74, 6) is -0.124. The fourth-order valence-corrected chi connectivity index (χ4v) is 7.00. The first-order valence-electron chi connectivity index (χ1n) is 13.8. The molecule has 14 heteroatoms. The van der Waals surface area contributed by atoms with Crippen molar-refractivity contribution in [1.82, 2.24) is 19.7 Å². The van der Waals surface area contributed by atoms with Crippen molar-refractivity contribution in [3.8, 4) is 0 Å². The number of nitrogens with zero attached hydrogens (tertiary/aromatic N) is 4. The summed E-state index contributed by atoms with van der Waals surface area (Å²) in [6.07, 6.45) is 3.76. The Morgan fingerprint density at radius 2 is 1.98 bits per heavy atom. The first-order valence-corrected chi connectivity index (χ1v) is 18.9. The zero-order valence-corrected chi connectivity index (χ0v) is 28.2. The molecule has 4 rings (SSSR count). The molecule has 1 aliphatic carbocycles. The first-order chi connectivity index (χ1) is 19.5. The van der Waals surface area contributed by atoms with Gasteiger partial charge in [0.1, 0.15) is 17.8 Å². The molecule has 42 heavy (non-hydrogen) atoms. The number of nitrogens with two attached hydrogens (primary N) is 1. The maximum absolute atomic E-state index is 13.6. The molecule has 228 valence electrons. The molecule has 1 fully saturated rings. The van der Waals surface area contributed by atoms with Gasteiger partial charge < -0.3 is 9.74 Å². The zero-order chi connectivity index (χ0) is 30.9. The summed E-state index contributed by atoms with van der Waals surface area (Å²) in [7, 11) is -6.27. The highest BCUT2D eigenvalue weighted by molar-refractivity contribution is 9.10. The Morgan fingerprint density at radius 1 is 1.24 bits per heavy atom. The van der Waals surface area contributed by atoms with Crippen LogP contribution in [0.1, 0.15) is 60.9 Å². The molecule has 0 saturated heterocycles. The topological polar surface area (TPSA) is 151 Å². The number of anilines is 1. The van der Waals surface area contributed by atoms with Crippen molar-refractivity contribution in [3.63, 3.8) is 0 Å². The zero-order valence-electron chi connectivity index (χ0n) is 24.8. The van der Waals surface area contributed by atoms with E-state index in [2.05, 4.69) is 70.2 Å². The number of hydrogen-bond acceptors (Lipinski definition) is 9. The second-order valence-corrected chi connectivity index (χ2v) is 19.2. The summed E-state index contributed by atoms with van der Waals surface area (Å²) >= 11 is 3.49. The van der Waals surface area contributed by atoms with Gasteiger partial charge in [0, 0.05) is 28.3 Å². The largest absolute Gasteiger partial charge is 0.413 e. The van der Waals surface area contributed by atoms with Gasteiger partial charge in [0.2, 0.25) is 5.78 Å². The Morgan fingerprint density at radius 3 is 2.64 bits per heavy atom. The van der Waals surface area contributed by atoms with Crippen molar-refractivity contribution in [2.24, 2.45) is 11.1 Å². The van der Waals surface area contributed by atoms with Gasteiger partial charge in [0.15, 0.2) is 8.32 Å². The number of carbonyl (C=O) groups is 1. The summed E-state index contributed by atoms with van der Waals surface area (Å²) in [4.78, 5) is 22.1. The number of halogens is 1. The van der Waals surface area contributed by atoms with Gasteiger partial charge in [-0.15, -0.1) is 0 Å². The van der Waals surface area contributed by atoms with Crippen LogP contribution in [0.4, 0.5) is 5.82 Å². The van der Waals surface area contributed by atoms with Crippen LogP contribution in [0.25, 0.3) is 0 Å². The molecule has 2 heterocycles. The fourth-order valence-electron chi connectivity index (χ4n) is 4.79. The second kappa shape index (κ2) is 12.6. The lowest BCUT2D eigenvalue weighted by Crippen LogP contribution is -2.45. The molecule has 1 aromatic carbocycles. The van der Waals surface area contributed by atoms with Crippen LogP contribution in [0, 0.1) is 12.8 Å². The van der Waals surface area contributed by atoms with Crippen LogP contribution in [0.5, 0.6) is 0 Å². The molecule has 0 amide bonds. The van der Waals surface area contributed by atoms with Crippen molar-refractivity contribution < 1.29 is 21.8 Å². The molecular formula is C28H39BrN6O5SSi. The number of aryl methyl sites for hydroxylation is 1. The highest BCUT2D eigenvalue weighted by Crippen LogP contribution is 2.41. The second-order valence-electron chi connectivity index (χ2n) is 12.3. The number of benzene rings is 1. The Kier molecular flexibility index (Phi) is 9.74. The lowest BCUT2D eigenvalue weighted by Gasteiger charge is -2.39. The summed E-state index contributed by atoms with van der Waals surface area (Å²) in [6.45, 7) is 13.1. The summed E-state index contributed by atoms with van der Waals surface area (Å²) in [6, 6.07) is 9.55. The smallest absolute Gasteiger partial charge is 0.333 e. The van der Waals surface area contributed by atoms with Crippen LogP contribution in [0.3, 0.4) is 0 Å². The van der Waals surface area contributed by atoms with Crippen LogP contribution in [0.15, 0.2) is 47.3 Å². The van der Waals surface area contributed by atoms with E-state index in [-0.39, 0.29) is 35.5 Å². The molecule has 0 aliphatic heterocycles. The van der Waals surface area contributed by atoms with Crippen LogP contribution >= 0.6 is 15.9 Å². The average molecular weight is 680 g/mol. The van der Waals surface area contributed by atoms with E-state index in [9.17, 15) is 13.2 Å². The van der Waals surface area contributed by atoms with E-state index >= 15 is 0 Å². The van der Waals surface area contributed by atoms with Crippen LogP contribution in [-0.4, -0.2) is 61.0 Å². The maximum atomic E-state index is 13.6. The number of nitrogens with one attached hydrogen (secondary N) is 1. The molecule has 3 N–H and O–H groups in total. The third kappa shape index (κ3) is 8.11. The summed E-state index contributed by atoms with van der Waals surface area (Å²) in [5, 5.41) is 13.1. The standard InChI is InChI=1S/C28H39BrN6O5SSi/c1-18-10-24(34-35(18)15-19-8-7-9-21(29)11-19)26(36)23-14-31-17-32-27(23)33-22-12-20(16-39-41(30,37)38)25(13-22)40-42(5,6)28(2,3)4/h7-11,14,17,20,22,25H,12-13,15-16H2,1-6H3,(H2,30,37,38)(H,31,32,33)/t20-,22+,25-/m0/s1. The van der Waals surface area contributed by atoms with E-state index in [4.69, 9.17) is 13.7 Å². The van der Waals surface area contributed by atoms with E-state index in [1.807, 2.05) is 31.2 Å². The Labute approximate surface area is 257 Å². The number of aromatic nitrogens is 4. The fraction of sp³-hybridized carbons (Fsp3) is 0.500. The van der Waals surface area contributed by atoms with E-state index < -0.39 is 18.6 Å². The molecule has 3 aromatic rings. The normalized spacial score (nSPS) is 19.7. The van der Waals surface area contributed by atoms with Crippen molar-refractivity contribution in [3.05, 3.63) is 69.8 Å². The highest BCUT2D eigenvalue weighted by Gasteiger charge is 2.44. The molecule has 2 aromatic heterocycles. The van der Waals surface area contributed by atoms with Gasteiger partial charge in [-0.2, -0.15) is 13.5 Å². The number of carbonyl (C=O) groups excluding carboxylic acids is 1. The van der Waals surface area contributed by atoms with Crippen molar-refractivity contribution in [2.45, 2.75) is 77.4 Å². The van der Waals surface area contributed by atoms with Gasteiger partial charge in [0.05, 0.1) is 24.8 Å². The van der Waals surface area contributed by atoms with Crippen LogP contribution in [0.2, 0.25) is 18.1 Å². The lowest BCUT2D eigenvalue weighted by atomic mass is 10.1. The molecule has 1 saturated carbocycles. The summed E-state index contributed by atoms with van der Waals surface area (Å²) in [5.41, 5.74) is 2.50. The number of ketones is 1. The lowest BCUT2D eigenvalue weighted by molar-refractivity contribution is 0.103. The van der Waals surface area contributed by atoms with Gasteiger partial charge in [0.25, 0.3) is 0 Å². The van der Waals surface area contributed by atoms with Crippen molar-refractivity contribution in [2.75, 3.05) is 11.9 Å². The predicted molar refractivity (Wildman–Crippen MR) is 167 cm³/mol. The predicted octanol–water partition coefficient (Wildman–Crippen LogP) is 4.82. The minimum Gasteiger partial charge on any atom is -0.413 e. The molecule has 1 aliphatic rings. The highest BCUT2D eigenvalue weighted by atomic mass is 79.9. The SMILES string of the molecule is Cc1cc(C(=O)c2cncnc2N[C@@H]2C[C@@H](COS(N)(=O)=O)[C@@H](O[Si](C)(C)C(C)(C)C)C2)nn1Cc1cccc(Br)c1. The maximum Gasteiger partial charge on any atom is 0.333 e. The Bertz CT molecular complexity index is 1540. The quantitative estimate of drug-likeness (QED) is 0.215. The van der Waals surface area contributed by atoms with Crippen LogP contribution in [-0.2, 0) is 25.5 Å². The van der Waals surface area contributed by atoms with E-state index in [1.54, 1.807) is 10.7 Å². The summed E-state index contributed by atoms with van der Waals surface area (Å²) < 4.78 is 37.6. The number of rotatable bonds is 11. The van der Waals surface area contributed by atoms with Crippen LogP contribution < -0.4 is 10.5 Å².